The number of halogens is 1. The van der Waals surface area contributed by atoms with Gasteiger partial charge in [0.1, 0.15) is 11.6 Å². The van der Waals surface area contributed by atoms with Gasteiger partial charge in [-0.1, -0.05) is 0 Å². The summed E-state index contributed by atoms with van der Waals surface area (Å²) in [5.41, 5.74) is 0.453. The smallest absolute Gasteiger partial charge is 0.309 e. The van der Waals surface area contributed by atoms with E-state index in [4.69, 9.17) is 5.11 Å². The summed E-state index contributed by atoms with van der Waals surface area (Å²) in [6, 6.07) is 4.37. The zero-order valence-electron chi connectivity index (χ0n) is 10.6. The van der Waals surface area contributed by atoms with Gasteiger partial charge < -0.3 is 9.67 Å². The molecule has 0 bridgehead atoms. The maximum absolute atomic E-state index is 13.1. The number of aromatic nitrogens is 2. The van der Waals surface area contributed by atoms with Crippen LogP contribution < -0.4 is 0 Å². The molecule has 0 aliphatic carbocycles. The van der Waals surface area contributed by atoms with E-state index in [1.807, 2.05) is 0 Å². The lowest BCUT2D eigenvalue weighted by molar-refractivity contribution is -0.146. The number of hydrogen-bond donors (Lipinski definition) is 1. The van der Waals surface area contributed by atoms with E-state index in [2.05, 4.69) is 4.98 Å². The van der Waals surface area contributed by atoms with Gasteiger partial charge in [0.25, 0.3) is 0 Å². The molecule has 0 spiro atoms. The molecule has 0 fully saturated rings. The van der Waals surface area contributed by atoms with Crippen LogP contribution in [0.4, 0.5) is 4.39 Å². The molecule has 0 atom stereocenters. The van der Waals surface area contributed by atoms with Gasteiger partial charge >= 0.3 is 5.97 Å². The Morgan fingerprint density at radius 2 is 2.17 bits per heavy atom. The molecule has 96 valence electrons. The van der Waals surface area contributed by atoms with E-state index >= 15 is 0 Å². The molecule has 0 aliphatic rings. The van der Waals surface area contributed by atoms with Crippen LogP contribution in [-0.2, 0) is 18.3 Å². The second-order valence-corrected chi connectivity index (χ2v) is 5.09. The molecular formula is C13H15FN2O2. The van der Waals surface area contributed by atoms with Crippen LogP contribution in [0.3, 0.4) is 0 Å². The van der Waals surface area contributed by atoms with Crippen molar-refractivity contribution in [1.29, 1.82) is 0 Å². The molecule has 5 heteroatoms. The summed E-state index contributed by atoms with van der Waals surface area (Å²) in [4.78, 5) is 15.4. The number of carboxylic acids is 1. The maximum atomic E-state index is 13.1. The van der Waals surface area contributed by atoms with Crippen LogP contribution in [0.15, 0.2) is 18.2 Å². The third-order valence-electron chi connectivity index (χ3n) is 3.11. The molecule has 0 amide bonds. The van der Waals surface area contributed by atoms with Crippen molar-refractivity contribution in [2.45, 2.75) is 20.3 Å². The number of aryl methyl sites for hydroxylation is 1. The predicted octanol–water partition coefficient (Wildman–Crippen LogP) is 2.37. The SMILES string of the molecule is Cn1c(CC(C)(C)C(=O)O)nc2cc(F)ccc21. The number of imidazole rings is 1. The molecule has 0 radical (unpaired) electrons. The van der Waals surface area contributed by atoms with Crippen LogP contribution in [0.5, 0.6) is 0 Å². The molecule has 18 heavy (non-hydrogen) atoms. The van der Waals surface area contributed by atoms with Crippen molar-refractivity contribution < 1.29 is 14.3 Å². The minimum Gasteiger partial charge on any atom is -0.481 e. The van der Waals surface area contributed by atoms with Gasteiger partial charge in [0, 0.05) is 19.5 Å². The largest absolute Gasteiger partial charge is 0.481 e. The molecule has 1 N–H and O–H groups in total. The van der Waals surface area contributed by atoms with Crippen LogP contribution in [0, 0.1) is 11.2 Å². The molecule has 1 aromatic carbocycles. The summed E-state index contributed by atoms with van der Waals surface area (Å²) in [7, 11) is 1.81. The van der Waals surface area contributed by atoms with Gasteiger partial charge in [-0.3, -0.25) is 4.79 Å². The van der Waals surface area contributed by atoms with Crippen LogP contribution in [0.2, 0.25) is 0 Å². The second-order valence-electron chi connectivity index (χ2n) is 5.09. The van der Waals surface area contributed by atoms with Crippen LogP contribution >= 0.6 is 0 Å². The van der Waals surface area contributed by atoms with Gasteiger partial charge in [0.05, 0.1) is 16.4 Å². The third-order valence-corrected chi connectivity index (χ3v) is 3.11. The van der Waals surface area contributed by atoms with Gasteiger partial charge in [-0.2, -0.15) is 0 Å². The fourth-order valence-electron chi connectivity index (χ4n) is 1.85. The van der Waals surface area contributed by atoms with Gasteiger partial charge in [0.15, 0.2) is 0 Å². The molecular weight excluding hydrogens is 235 g/mol. The fourth-order valence-corrected chi connectivity index (χ4v) is 1.85. The van der Waals surface area contributed by atoms with Crippen molar-refractivity contribution in [2.24, 2.45) is 12.5 Å². The predicted molar refractivity (Wildman–Crippen MR) is 65.8 cm³/mol. The normalized spacial score (nSPS) is 12.0. The van der Waals surface area contributed by atoms with Gasteiger partial charge in [-0.15, -0.1) is 0 Å². The summed E-state index contributed by atoms with van der Waals surface area (Å²) in [6.45, 7) is 3.30. The lowest BCUT2D eigenvalue weighted by atomic mass is 9.89. The zero-order valence-corrected chi connectivity index (χ0v) is 10.6. The number of aliphatic carboxylic acids is 1. The number of benzene rings is 1. The van der Waals surface area contributed by atoms with E-state index in [0.717, 1.165) is 5.52 Å². The first-order valence-corrected chi connectivity index (χ1v) is 5.65. The van der Waals surface area contributed by atoms with Crippen molar-refractivity contribution in [2.75, 3.05) is 0 Å². The van der Waals surface area contributed by atoms with E-state index in [9.17, 15) is 9.18 Å². The molecule has 0 aliphatic heterocycles. The molecule has 4 nitrogen and oxygen atoms in total. The molecule has 1 aromatic heterocycles. The van der Waals surface area contributed by atoms with Gasteiger partial charge in [0.2, 0.25) is 0 Å². The number of nitrogens with zero attached hydrogens (tertiary/aromatic N) is 2. The zero-order chi connectivity index (χ0) is 13.5. The number of fused-ring (bicyclic) bond motifs is 1. The quantitative estimate of drug-likeness (QED) is 0.909. The number of hydrogen-bond acceptors (Lipinski definition) is 2. The monoisotopic (exact) mass is 250 g/mol. The Labute approximate surface area is 104 Å². The molecule has 0 unspecified atom stereocenters. The van der Waals surface area contributed by atoms with Gasteiger partial charge in [-0.25, -0.2) is 9.37 Å². The van der Waals surface area contributed by atoms with E-state index in [1.54, 1.807) is 31.5 Å². The first-order valence-electron chi connectivity index (χ1n) is 5.65. The first kappa shape index (κ1) is 12.5. The highest BCUT2D eigenvalue weighted by atomic mass is 19.1. The van der Waals surface area contributed by atoms with Crippen molar-refractivity contribution in [3.63, 3.8) is 0 Å². The van der Waals surface area contributed by atoms with E-state index in [1.165, 1.54) is 12.1 Å². The van der Waals surface area contributed by atoms with Crippen molar-refractivity contribution in [1.82, 2.24) is 9.55 Å². The second kappa shape index (κ2) is 4.08. The summed E-state index contributed by atoms with van der Waals surface area (Å²) in [5, 5.41) is 9.12. The number of carbonyl (C=O) groups is 1. The van der Waals surface area contributed by atoms with Crippen LogP contribution in [-0.4, -0.2) is 20.6 Å². The Morgan fingerprint density at radius 1 is 1.50 bits per heavy atom. The van der Waals surface area contributed by atoms with Crippen LogP contribution in [0.25, 0.3) is 11.0 Å². The van der Waals surface area contributed by atoms with Crippen LogP contribution in [0.1, 0.15) is 19.7 Å². The van der Waals surface area contributed by atoms with E-state index < -0.39 is 11.4 Å². The highest BCUT2D eigenvalue weighted by molar-refractivity contribution is 5.77. The lowest BCUT2D eigenvalue weighted by Gasteiger charge is -2.18. The Hall–Kier alpha value is -1.91. The van der Waals surface area contributed by atoms with E-state index in [-0.39, 0.29) is 5.82 Å². The van der Waals surface area contributed by atoms with Crippen molar-refractivity contribution in [3.05, 3.63) is 29.8 Å². The minimum absolute atomic E-state index is 0.301. The topological polar surface area (TPSA) is 55.1 Å². The Kier molecular flexibility index (Phi) is 2.84. The summed E-state index contributed by atoms with van der Waals surface area (Å²) < 4.78 is 14.9. The average molecular weight is 250 g/mol. The molecule has 2 rings (SSSR count). The standard InChI is InChI=1S/C13H15FN2O2/c1-13(2,12(17)18)7-11-15-9-6-8(14)4-5-10(9)16(11)3/h4-6H,7H2,1-3H3,(H,17,18). The highest BCUT2D eigenvalue weighted by Gasteiger charge is 2.29. The maximum Gasteiger partial charge on any atom is 0.309 e. The molecule has 2 aromatic rings. The van der Waals surface area contributed by atoms with Crippen molar-refractivity contribution >= 4 is 17.0 Å². The third kappa shape index (κ3) is 2.08. The first-order chi connectivity index (χ1) is 8.31. The van der Waals surface area contributed by atoms with Gasteiger partial charge in [-0.05, 0) is 26.0 Å². The fraction of sp³-hybridized carbons (Fsp3) is 0.385. The minimum atomic E-state index is -0.895. The Balaban J connectivity index is 2.46. The molecule has 0 saturated heterocycles. The Morgan fingerprint density at radius 3 is 2.78 bits per heavy atom. The summed E-state index contributed by atoms with van der Waals surface area (Å²) in [5.74, 6) is -0.576. The summed E-state index contributed by atoms with van der Waals surface area (Å²) in [6.07, 6.45) is 0.301. The number of carboxylic acid groups (broad SMARTS) is 1. The van der Waals surface area contributed by atoms with Crippen molar-refractivity contribution in [3.8, 4) is 0 Å². The number of rotatable bonds is 3. The lowest BCUT2D eigenvalue weighted by Crippen LogP contribution is -2.27. The Bertz CT molecular complexity index is 617. The summed E-state index contributed by atoms with van der Waals surface area (Å²) >= 11 is 0. The highest BCUT2D eigenvalue weighted by Crippen LogP contribution is 2.24. The molecule has 0 saturated carbocycles. The van der Waals surface area contributed by atoms with E-state index in [0.29, 0.717) is 17.8 Å². The average Bonchev–Trinajstić information content (AvgIpc) is 2.54. The molecule has 1 heterocycles.